The molecule has 1 saturated carbocycles. The third-order valence-corrected chi connectivity index (χ3v) is 3.14. The maximum absolute atomic E-state index is 9.38. The van der Waals surface area contributed by atoms with E-state index >= 15 is 0 Å². The van der Waals surface area contributed by atoms with Gasteiger partial charge in [-0.05, 0) is 52.0 Å². The molecule has 1 rings (SSSR count). The van der Waals surface area contributed by atoms with Crippen LogP contribution in [0.1, 0.15) is 39.5 Å². The summed E-state index contributed by atoms with van der Waals surface area (Å²) in [7, 11) is 0. The summed E-state index contributed by atoms with van der Waals surface area (Å²) < 4.78 is 5.35. The van der Waals surface area contributed by atoms with Crippen LogP contribution in [0.5, 0.6) is 0 Å². The lowest BCUT2D eigenvalue weighted by Crippen LogP contribution is -2.36. The molecule has 0 aromatic heterocycles. The number of aliphatic hydroxyl groups excluding tert-OH is 1. The Hall–Kier alpha value is -0.120. The fourth-order valence-corrected chi connectivity index (χ4v) is 2.07. The third kappa shape index (κ3) is 5.50. The highest BCUT2D eigenvalue weighted by Gasteiger charge is 2.19. The van der Waals surface area contributed by atoms with E-state index in [4.69, 9.17) is 4.74 Å². The van der Waals surface area contributed by atoms with Gasteiger partial charge >= 0.3 is 0 Å². The number of aliphatic hydroxyl groups is 1. The fourth-order valence-electron chi connectivity index (χ4n) is 2.07. The zero-order valence-electron chi connectivity index (χ0n) is 10.0. The van der Waals surface area contributed by atoms with E-state index in [0.29, 0.717) is 6.04 Å². The molecule has 1 aliphatic rings. The smallest absolute Gasteiger partial charge is 0.0616 e. The standard InChI is InChI=1S/C12H25NO2/c1-3-15-9-10(2)13-8-11-4-6-12(14)7-5-11/h10-14H,3-9H2,1-2H3. The van der Waals surface area contributed by atoms with Crippen molar-refractivity contribution < 1.29 is 9.84 Å². The van der Waals surface area contributed by atoms with Crippen LogP contribution in [0.3, 0.4) is 0 Å². The van der Waals surface area contributed by atoms with Crippen molar-refractivity contribution >= 4 is 0 Å². The normalized spacial score (nSPS) is 29.0. The zero-order chi connectivity index (χ0) is 11.1. The largest absolute Gasteiger partial charge is 0.393 e. The van der Waals surface area contributed by atoms with Crippen LogP contribution in [0.2, 0.25) is 0 Å². The van der Waals surface area contributed by atoms with Crippen molar-refractivity contribution in [3.63, 3.8) is 0 Å². The van der Waals surface area contributed by atoms with Crippen LogP contribution in [0.4, 0.5) is 0 Å². The Labute approximate surface area is 93.2 Å². The first-order valence-corrected chi connectivity index (χ1v) is 6.21. The second-order valence-electron chi connectivity index (χ2n) is 4.64. The molecular formula is C12H25NO2. The van der Waals surface area contributed by atoms with E-state index in [1.165, 1.54) is 0 Å². The molecule has 1 fully saturated rings. The van der Waals surface area contributed by atoms with Gasteiger partial charge in [0.25, 0.3) is 0 Å². The molecule has 0 aliphatic heterocycles. The van der Waals surface area contributed by atoms with Crippen LogP contribution >= 0.6 is 0 Å². The average Bonchev–Trinajstić information content (AvgIpc) is 2.25. The van der Waals surface area contributed by atoms with Crippen LogP contribution in [0, 0.1) is 5.92 Å². The minimum atomic E-state index is -0.0397. The van der Waals surface area contributed by atoms with E-state index in [9.17, 15) is 5.11 Å². The molecule has 15 heavy (non-hydrogen) atoms. The summed E-state index contributed by atoms with van der Waals surface area (Å²) in [5, 5.41) is 12.9. The molecule has 1 atom stereocenters. The molecule has 0 saturated heterocycles. The van der Waals surface area contributed by atoms with Gasteiger partial charge in [0.05, 0.1) is 12.7 Å². The summed E-state index contributed by atoms with van der Waals surface area (Å²) in [4.78, 5) is 0. The Bertz CT molecular complexity index is 156. The predicted molar refractivity (Wildman–Crippen MR) is 61.9 cm³/mol. The van der Waals surface area contributed by atoms with Crippen molar-refractivity contribution in [2.75, 3.05) is 19.8 Å². The summed E-state index contributed by atoms with van der Waals surface area (Å²) in [5.74, 6) is 0.748. The molecule has 1 unspecified atom stereocenters. The van der Waals surface area contributed by atoms with Crippen molar-refractivity contribution in [3.05, 3.63) is 0 Å². The van der Waals surface area contributed by atoms with E-state index in [1.54, 1.807) is 0 Å². The topological polar surface area (TPSA) is 41.5 Å². The molecule has 90 valence electrons. The quantitative estimate of drug-likeness (QED) is 0.706. The zero-order valence-corrected chi connectivity index (χ0v) is 10.0. The van der Waals surface area contributed by atoms with Gasteiger partial charge in [0, 0.05) is 12.6 Å². The molecule has 0 heterocycles. The number of hydrogen-bond acceptors (Lipinski definition) is 3. The van der Waals surface area contributed by atoms with Gasteiger partial charge in [0.15, 0.2) is 0 Å². The highest BCUT2D eigenvalue weighted by Crippen LogP contribution is 2.23. The van der Waals surface area contributed by atoms with E-state index in [2.05, 4.69) is 12.2 Å². The molecule has 3 nitrogen and oxygen atoms in total. The first-order chi connectivity index (χ1) is 7.22. The van der Waals surface area contributed by atoms with Gasteiger partial charge in [0.2, 0.25) is 0 Å². The third-order valence-electron chi connectivity index (χ3n) is 3.14. The molecule has 0 amide bonds. The molecule has 0 bridgehead atoms. The van der Waals surface area contributed by atoms with E-state index in [1.807, 2.05) is 6.92 Å². The summed E-state index contributed by atoms with van der Waals surface area (Å²) in [6.45, 7) is 6.84. The number of nitrogens with one attached hydrogen (secondary N) is 1. The Morgan fingerprint density at radius 1 is 1.33 bits per heavy atom. The lowest BCUT2D eigenvalue weighted by molar-refractivity contribution is 0.101. The van der Waals surface area contributed by atoms with Gasteiger partial charge < -0.3 is 15.2 Å². The van der Waals surface area contributed by atoms with Crippen LogP contribution in [-0.4, -0.2) is 37.0 Å². The molecule has 1 aliphatic carbocycles. The van der Waals surface area contributed by atoms with Gasteiger partial charge in [-0.1, -0.05) is 0 Å². The van der Waals surface area contributed by atoms with Crippen LogP contribution in [0.25, 0.3) is 0 Å². The highest BCUT2D eigenvalue weighted by molar-refractivity contribution is 4.74. The number of rotatable bonds is 6. The van der Waals surface area contributed by atoms with Gasteiger partial charge in [-0.25, -0.2) is 0 Å². The van der Waals surface area contributed by atoms with Crippen molar-refractivity contribution in [2.24, 2.45) is 5.92 Å². The average molecular weight is 215 g/mol. The van der Waals surface area contributed by atoms with Crippen molar-refractivity contribution in [3.8, 4) is 0 Å². The lowest BCUT2D eigenvalue weighted by atomic mass is 9.87. The number of ether oxygens (including phenoxy) is 1. The molecular weight excluding hydrogens is 190 g/mol. The predicted octanol–water partition coefficient (Wildman–Crippen LogP) is 1.55. The van der Waals surface area contributed by atoms with E-state index in [-0.39, 0.29) is 6.10 Å². The SMILES string of the molecule is CCOCC(C)NCC1CCC(O)CC1. The van der Waals surface area contributed by atoms with Gasteiger partial charge in [-0.2, -0.15) is 0 Å². The molecule has 0 radical (unpaired) electrons. The Morgan fingerprint density at radius 3 is 2.60 bits per heavy atom. The summed E-state index contributed by atoms with van der Waals surface area (Å²) in [6.07, 6.45) is 4.24. The van der Waals surface area contributed by atoms with E-state index in [0.717, 1.165) is 51.4 Å². The minimum Gasteiger partial charge on any atom is -0.393 e. The lowest BCUT2D eigenvalue weighted by Gasteiger charge is -2.26. The first-order valence-electron chi connectivity index (χ1n) is 6.21. The van der Waals surface area contributed by atoms with E-state index < -0.39 is 0 Å². The summed E-state index contributed by atoms with van der Waals surface area (Å²) >= 11 is 0. The van der Waals surface area contributed by atoms with Crippen LogP contribution in [0.15, 0.2) is 0 Å². The van der Waals surface area contributed by atoms with Crippen molar-refractivity contribution in [1.29, 1.82) is 0 Å². The van der Waals surface area contributed by atoms with Gasteiger partial charge in [-0.3, -0.25) is 0 Å². The van der Waals surface area contributed by atoms with Gasteiger partial charge in [-0.15, -0.1) is 0 Å². The second-order valence-corrected chi connectivity index (χ2v) is 4.64. The molecule has 0 spiro atoms. The minimum absolute atomic E-state index is 0.0397. The highest BCUT2D eigenvalue weighted by atomic mass is 16.5. The maximum atomic E-state index is 9.38. The Morgan fingerprint density at radius 2 is 2.00 bits per heavy atom. The van der Waals surface area contributed by atoms with Crippen LogP contribution in [-0.2, 0) is 4.74 Å². The Balaban J connectivity index is 2.04. The second kappa shape index (κ2) is 7.20. The summed E-state index contributed by atoms with van der Waals surface area (Å²) in [6, 6.07) is 0.441. The fraction of sp³-hybridized carbons (Fsp3) is 1.00. The summed E-state index contributed by atoms with van der Waals surface area (Å²) in [5.41, 5.74) is 0. The maximum Gasteiger partial charge on any atom is 0.0616 e. The monoisotopic (exact) mass is 215 g/mol. The molecule has 0 aromatic rings. The van der Waals surface area contributed by atoms with Crippen molar-refractivity contribution in [1.82, 2.24) is 5.32 Å². The van der Waals surface area contributed by atoms with Crippen molar-refractivity contribution in [2.45, 2.75) is 51.7 Å². The Kier molecular flexibility index (Phi) is 6.22. The molecule has 3 heteroatoms. The van der Waals surface area contributed by atoms with Crippen LogP contribution < -0.4 is 5.32 Å². The first kappa shape index (κ1) is 12.9. The molecule has 0 aromatic carbocycles. The molecule has 2 N–H and O–H groups in total. The van der Waals surface area contributed by atoms with Gasteiger partial charge in [0.1, 0.15) is 0 Å². The number of hydrogen-bond donors (Lipinski definition) is 2.